The molecule has 12 aromatic rings. The maximum atomic E-state index is 6.98. The molecule has 0 fully saturated rings. The molecule has 0 saturated heterocycles. The van der Waals surface area contributed by atoms with Crippen LogP contribution in [-0.4, -0.2) is 0 Å². The van der Waals surface area contributed by atoms with Gasteiger partial charge in [-0.2, -0.15) is 0 Å². The summed E-state index contributed by atoms with van der Waals surface area (Å²) in [5, 5.41) is 11.8. The van der Waals surface area contributed by atoms with Gasteiger partial charge in [0.2, 0.25) is 0 Å². The van der Waals surface area contributed by atoms with Gasteiger partial charge in [0.05, 0.1) is 22.7 Å². The van der Waals surface area contributed by atoms with Gasteiger partial charge in [0.25, 0.3) is 0 Å². The zero-order valence-electron chi connectivity index (χ0n) is 38.9. The third-order valence-electron chi connectivity index (χ3n) is 14.2. The molecule has 66 heavy (non-hydrogen) atoms. The number of para-hydroxylation sites is 2. The van der Waals surface area contributed by atoms with Crippen molar-refractivity contribution in [2.24, 2.45) is 0 Å². The molecule has 0 N–H and O–H groups in total. The van der Waals surface area contributed by atoms with Crippen LogP contribution in [0.4, 0.5) is 34.1 Å². The van der Waals surface area contributed by atoms with Crippen molar-refractivity contribution >= 4 is 110 Å². The number of hydrogen-bond acceptors (Lipinski definition) is 4. The van der Waals surface area contributed by atoms with Gasteiger partial charge in [-0.25, -0.2) is 0 Å². The molecule has 0 aliphatic carbocycles. The van der Waals surface area contributed by atoms with Crippen LogP contribution in [0.3, 0.4) is 0 Å². The second-order valence-corrected chi connectivity index (χ2v) is 19.1. The van der Waals surface area contributed by atoms with E-state index in [1.165, 1.54) is 43.4 Å². The van der Waals surface area contributed by atoms with E-state index in [-0.39, 0.29) is 0 Å². The quantitative estimate of drug-likeness (QED) is 0.143. The van der Waals surface area contributed by atoms with Gasteiger partial charge in [0, 0.05) is 43.7 Å². The van der Waals surface area contributed by atoms with Crippen molar-refractivity contribution in [2.75, 3.05) is 9.80 Å². The molecule has 0 bridgehead atoms. The van der Waals surface area contributed by atoms with Crippen molar-refractivity contribution in [1.29, 1.82) is 0 Å². The molecule has 322 valence electrons. The molecule has 4 nitrogen and oxygen atoms in total. The molecule has 2 heterocycles. The van der Waals surface area contributed by atoms with Gasteiger partial charge >= 0.3 is 0 Å². The van der Waals surface area contributed by atoms with E-state index in [0.29, 0.717) is 11.8 Å². The van der Waals surface area contributed by atoms with E-state index in [9.17, 15) is 0 Å². The first-order chi connectivity index (χ1) is 32.0. The molecule has 0 unspecified atom stereocenters. The Bertz CT molecular complexity index is 3650. The van der Waals surface area contributed by atoms with Crippen molar-refractivity contribution in [3.05, 3.63) is 191 Å². The minimum atomic E-state index is 0.361. The van der Waals surface area contributed by atoms with Crippen LogP contribution in [0.5, 0.6) is 0 Å². The lowest BCUT2D eigenvalue weighted by Crippen LogP contribution is -2.13. The number of benzene rings is 10. The number of nitrogens with zero attached hydrogens (tertiary/aromatic N) is 2. The Balaban J connectivity index is 1.16. The molecule has 0 aliphatic heterocycles. The van der Waals surface area contributed by atoms with Crippen LogP contribution in [0.2, 0.25) is 0 Å². The number of furan rings is 2. The van der Waals surface area contributed by atoms with Crippen LogP contribution in [0.1, 0.15) is 72.9 Å². The van der Waals surface area contributed by atoms with Crippen molar-refractivity contribution in [1.82, 2.24) is 0 Å². The third kappa shape index (κ3) is 5.97. The van der Waals surface area contributed by atoms with Gasteiger partial charge in [-0.1, -0.05) is 149 Å². The Morgan fingerprint density at radius 1 is 0.348 bits per heavy atom. The average molecular weight is 857 g/mol. The monoisotopic (exact) mass is 856 g/mol. The summed E-state index contributed by atoms with van der Waals surface area (Å²) in [7, 11) is 0. The predicted octanol–water partition coefficient (Wildman–Crippen LogP) is 18.8. The molecule has 0 atom stereocenters. The molecule has 0 spiro atoms. The van der Waals surface area contributed by atoms with Gasteiger partial charge in [0.15, 0.2) is 11.2 Å². The minimum absolute atomic E-state index is 0.361. The van der Waals surface area contributed by atoms with Gasteiger partial charge in [-0.15, -0.1) is 0 Å². The summed E-state index contributed by atoms with van der Waals surface area (Å²) in [6, 6.07) is 58.5. The van der Waals surface area contributed by atoms with Gasteiger partial charge in [0.1, 0.15) is 11.2 Å². The van der Waals surface area contributed by atoms with Crippen molar-refractivity contribution in [2.45, 2.75) is 67.2 Å². The second-order valence-electron chi connectivity index (χ2n) is 19.1. The highest BCUT2D eigenvalue weighted by atomic mass is 16.3. The standard InChI is InChI=1S/C62H52N2O2/c1-35(2)43-15-11-17-45(33-43)63(57-37(5)21-27-49-47-19-9-13-39(7)59(47)65-61(49)57)53-31-25-41-24-30-52-54(32-26-42-23-29-51(53)55(41)56(42)52)64(46-18-12-16-44(34-46)36(3)4)58-38(6)22-28-50-48-20-10-14-40(8)60(48)66-62(50)58/h9-36H,1-8H3. The lowest BCUT2D eigenvalue weighted by atomic mass is 9.91. The topological polar surface area (TPSA) is 32.8 Å². The fraction of sp³-hybridized carbons (Fsp3) is 0.161. The zero-order chi connectivity index (χ0) is 45.1. The summed E-state index contributed by atoms with van der Waals surface area (Å²) in [6.45, 7) is 17.8. The largest absolute Gasteiger partial charge is 0.454 e. The first kappa shape index (κ1) is 40.0. The molecular formula is C62H52N2O2. The number of aryl methyl sites for hydroxylation is 4. The Labute approximate surface area is 385 Å². The number of rotatable bonds is 8. The lowest BCUT2D eigenvalue weighted by molar-refractivity contribution is 0.665. The van der Waals surface area contributed by atoms with Crippen LogP contribution in [0.25, 0.3) is 76.2 Å². The fourth-order valence-corrected chi connectivity index (χ4v) is 10.7. The number of hydrogen-bond donors (Lipinski definition) is 0. The Hall–Kier alpha value is -7.56. The molecule has 0 radical (unpaired) electrons. The maximum absolute atomic E-state index is 6.98. The SMILES string of the molecule is Cc1ccc2c(oc3c(C)cccc32)c1N(c1cccc(C(C)C)c1)c1ccc2ccc3c(N(c4cccc(C(C)C)c4)c4c(C)ccc5c4oc4c(C)cccc45)ccc4ccc1c2c43. The molecule has 0 aliphatic rings. The van der Waals surface area contributed by atoms with E-state index >= 15 is 0 Å². The zero-order valence-corrected chi connectivity index (χ0v) is 38.9. The molecule has 4 heteroatoms. The number of anilines is 6. The Morgan fingerprint density at radius 3 is 1.15 bits per heavy atom. The van der Waals surface area contributed by atoms with Crippen molar-refractivity contribution in [3.8, 4) is 0 Å². The normalized spacial score (nSPS) is 12.2. The van der Waals surface area contributed by atoms with Crippen LogP contribution in [0.15, 0.2) is 167 Å². The smallest absolute Gasteiger partial charge is 0.159 e. The fourth-order valence-electron chi connectivity index (χ4n) is 10.7. The highest BCUT2D eigenvalue weighted by molar-refractivity contribution is 6.29. The molecule has 12 rings (SSSR count). The highest BCUT2D eigenvalue weighted by Crippen LogP contribution is 2.52. The van der Waals surface area contributed by atoms with E-state index in [0.717, 1.165) is 100 Å². The summed E-state index contributed by atoms with van der Waals surface area (Å²) in [6.07, 6.45) is 0. The molecule has 10 aromatic carbocycles. The lowest BCUT2D eigenvalue weighted by Gasteiger charge is -2.31. The summed E-state index contributed by atoms with van der Waals surface area (Å²) in [5.41, 5.74) is 17.3. The van der Waals surface area contributed by atoms with Crippen LogP contribution in [0, 0.1) is 27.7 Å². The van der Waals surface area contributed by atoms with Crippen LogP contribution in [-0.2, 0) is 0 Å². The van der Waals surface area contributed by atoms with Gasteiger partial charge < -0.3 is 18.6 Å². The summed E-state index contributed by atoms with van der Waals surface area (Å²) in [4.78, 5) is 4.93. The van der Waals surface area contributed by atoms with E-state index in [1.807, 2.05) is 0 Å². The van der Waals surface area contributed by atoms with Crippen molar-refractivity contribution in [3.63, 3.8) is 0 Å². The maximum Gasteiger partial charge on any atom is 0.159 e. The van der Waals surface area contributed by atoms with Gasteiger partial charge in [-0.05, 0) is 131 Å². The van der Waals surface area contributed by atoms with E-state index in [2.05, 4.69) is 223 Å². The molecule has 2 aromatic heterocycles. The van der Waals surface area contributed by atoms with Crippen LogP contribution < -0.4 is 9.80 Å². The Kier molecular flexibility index (Phi) is 9.09. The predicted molar refractivity (Wildman–Crippen MR) is 281 cm³/mol. The minimum Gasteiger partial charge on any atom is -0.454 e. The summed E-state index contributed by atoms with van der Waals surface area (Å²) >= 11 is 0. The van der Waals surface area contributed by atoms with Crippen LogP contribution >= 0.6 is 0 Å². The van der Waals surface area contributed by atoms with E-state index < -0.39 is 0 Å². The third-order valence-corrected chi connectivity index (χ3v) is 14.2. The average Bonchev–Trinajstić information content (AvgIpc) is 3.91. The molecule has 0 saturated carbocycles. The second kappa shape index (κ2) is 15.0. The first-order valence-electron chi connectivity index (χ1n) is 23.4. The van der Waals surface area contributed by atoms with E-state index in [1.54, 1.807) is 0 Å². The molecular weight excluding hydrogens is 805 g/mol. The van der Waals surface area contributed by atoms with Gasteiger partial charge in [-0.3, -0.25) is 0 Å². The number of fused-ring (bicyclic) bond motifs is 6. The molecule has 0 amide bonds. The first-order valence-corrected chi connectivity index (χ1v) is 23.4. The Morgan fingerprint density at radius 2 is 0.727 bits per heavy atom. The van der Waals surface area contributed by atoms with E-state index in [4.69, 9.17) is 8.83 Å². The summed E-state index contributed by atoms with van der Waals surface area (Å²) < 4.78 is 14.0. The summed E-state index contributed by atoms with van der Waals surface area (Å²) in [5.74, 6) is 0.721. The van der Waals surface area contributed by atoms with Crippen molar-refractivity contribution < 1.29 is 8.83 Å². The highest BCUT2D eigenvalue weighted by Gasteiger charge is 2.28.